The maximum atomic E-state index is 13.8. The summed E-state index contributed by atoms with van der Waals surface area (Å²) >= 11 is 0. The number of benzene rings is 2. The predicted octanol–water partition coefficient (Wildman–Crippen LogP) is 2.37. The van der Waals surface area contributed by atoms with E-state index in [0.717, 1.165) is 0 Å². The van der Waals surface area contributed by atoms with Crippen LogP contribution in [0.5, 0.6) is 5.75 Å². The van der Waals surface area contributed by atoms with Crippen LogP contribution in [0.4, 0.5) is 10.1 Å². The summed E-state index contributed by atoms with van der Waals surface area (Å²) in [4.78, 5) is 25.8. The number of methoxy groups -OCH3 is 1. The lowest BCUT2D eigenvalue weighted by atomic mass is 10.2. The van der Waals surface area contributed by atoms with Gasteiger partial charge in [0.15, 0.2) is 11.6 Å². The van der Waals surface area contributed by atoms with Crippen LogP contribution in [0, 0.1) is 5.82 Å². The lowest BCUT2D eigenvalue weighted by molar-refractivity contribution is -0.117. The fourth-order valence-electron chi connectivity index (χ4n) is 2.74. The minimum atomic E-state index is -0.528. The Kier molecular flexibility index (Phi) is 4.46. The van der Waals surface area contributed by atoms with E-state index in [1.54, 1.807) is 30.3 Å². The maximum absolute atomic E-state index is 13.8. The number of rotatable bonds is 4. The molecular formula is C18H17FN2O3. The summed E-state index contributed by atoms with van der Waals surface area (Å²) in [5.74, 6) is -0.784. The highest BCUT2D eigenvalue weighted by atomic mass is 19.1. The second-order valence-electron chi connectivity index (χ2n) is 5.56. The lowest BCUT2D eigenvalue weighted by Gasteiger charge is -2.18. The zero-order valence-electron chi connectivity index (χ0n) is 13.2. The number of amides is 2. The third kappa shape index (κ3) is 3.22. The molecule has 0 radical (unpaired) electrons. The smallest absolute Gasteiger partial charge is 0.251 e. The number of ether oxygens (including phenoxy) is 1. The topological polar surface area (TPSA) is 58.6 Å². The summed E-state index contributed by atoms with van der Waals surface area (Å²) in [6, 6.07) is 12.9. The first-order chi connectivity index (χ1) is 11.6. The average molecular weight is 328 g/mol. The van der Waals surface area contributed by atoms with Crippen molar-refractivity contribution >= 4 is 17.5 Å². The number of nitrogens with zero attached hydrogens (tertiary/aromatic N) is 1. The zero-order valence-corrected chi connectivity index (χ0v) is 13.2. The number of hydrogen-bond acceptors (Lipinski definition) is 3. The molecule has 1 atom stereocenters. The van der Waals surface area contributed by atoms with Gasteiger partial charge in [-0.15, -0.1) is 0 Å². The summed E-state index contributed by atoms with van der Waals surface area (Å²) in [7, 11) is 1.38. The molecule has 0 saturated carbocycles. The molecule has 1 heterocycles. The molecule has 24 heavy (non-hydrogen) atoms. The first kappa shape index (κ1) is 16.0. The number of carbonyl (C=O) groups is 2. The molecule has 1 saturated heterocycles. The van der Waals surface area contributed by atoms with Crippen molar-refractivity contribution in [3.63, 3.8) is 0 Å². The normalized spacial score (nSPS) is 17.0. The van der Waals surface area contributed by atoms with Gasteiger partial charge in [0.05, 0.1) is 13.2 Å². The Morgan fingerprint density at radius 3 is 2.67 bits per heavy atom. The Labute approximate surface area is 139 Å². The van der Waals surface area contributed by atoms with E-state index in [9.17, 15) is 14.0 Å². The van der Waals surface area contributed by atoms with E-state index in [0.29, 0.717) is 17.8 Å². The van der Waals surface area contributed by atoms with Crippen LogP contribution in [0.2, 0.25) is 0 Å². The summed E-state index contributed by atoms with van der Waals surface area (Å²) < 4.78 is 18.7. The summed E-state index contributed by atoms with van der Waals surface area (Å²) in [5.41, 5.74) is 0.994. The molecule has 124 valence electrons. The van der Waals surface area contributed by atoms with Gasteiger partial charge >= 0.3 is 0 Å². The van der Waals surface area contributed by atoms with E-state index in [1.165, 1.54) is 24.1 Å². The summed E-state index contributed by atoms with van der Waals surface area (Å²) in [6.45, 7) is 0.309. The van der Waals surface area contributed by atoms with Crippen LogP contribution in [-0.2, 0) is 4.79 Å². The largest absolute Gasteiger partial charge is 0.494 e. The molecule has 1 aliphatic heterocycles. The molecule has 5 nitrogen and oxygen atoms in total. The van der Waals surface area contributed by atoms with E-state index in [4.69, 9.17) is 4.74 Å². The molecule has 1 N–H and O–H groups in total. The molecule has 2 aromatic carbocycles. The molecule has 0 bridgehead atoms. The van der Waals surface area contributed by atoms with Crippen molar-refractivity contribution in [2.75, 3.05) is 18.6 Å². The molecule has 2 aromatic rings. The van der Waals surface area contributed by atoms with Crippen molar-refractivity contribution in [1.29, 1.82) is 0 Å². The Hall–Kier alpha value is -2.89. The lowest BCUT2D eigenvalue weighted by Crippen LogP contribution is -2.37. The minimum Gasteiger partial charge on any atom is -0.494 e. The first-order valence-corrected chi connectivity index (χ1v) is 7.58. The van der Waals surface area contributed by atoms with Crippen molar-refractivity contribution in [2.24, 2.45) is 0 Å². The van der Waals surface area contributed by atoms with Crippen LogP contribution in [0.1, 0.15) is 16.8 Å². The van der Waals surface area contributed by atoms with Crippen LogP contribution in [0.3, 0.4) is 0 Å². The zero-order chi connectivity index (χ0) is 17.1. The molecule has 2 amide bonds. The Morgan fingerprint density at radius 1 is 1.25 bits per heavy atom. The van der Waals surface area contributed by atoms with Crippen molar-refractivity contribution in [3.05, 3.63) is 59.9 Å². The van der Waals surface area contributed by atoms with Crippen LogP contribution >= 0.6 is 0 Å². The first-order valence-electron chi connectivity index (χ1n) is 7.58. The van der Waals surface area contributed by atoms with Gasteiger partial charge in [0, 0.05) is 30.3 Å². The Balaban J connectivity index is 1.70. The summed E-state index contributed by atoms with van der Waals surface area (Å²) in [6.07, 6.45) is 0.187. The molecule has 6 heteroatoms. The molecular weight excluding hydrogens is 311 g/mol. The van der Waals surface area contributed by atoms with Gasteiger partial charge < -0.3 is 15.0 Å². The van der Waals surface area contributed by atoms with E-state index in [-0.39, 0.29) is 30.0 Å². The van der Waals surface area contributed by atoms with Crippen molar-refractivity contribution in [3.8, 4) is 5.75 Å². The fraction of sp³-hybridized carbons (Fsp3) is 0.222. The predicted molar refractivity (Wildman–Crippen MR) is 87.6 cm³/mol. The third-order valence-electron chi connectivity index (χ3n) is 3.94. The van der Waals surface area contributed by atoms with E-state index >= 15 is 0 Å². The Morgan fingerprint density at radius 2 is 2.00 bits per heavy atom. The van der Waals surface area contributed by atoms with E-state index in [2.05, 4.69) is 5.32 Å². The monoisotopic (exact) mass is 328 g/mol. The van der Waals surface area contributed by atoms with Gasteiger partial charge in [-0.3, -0.25) is 9.59 Å². The molecule has 0 spiro atoms. The number of anilines is 1. The fourth-order valence-corrected chi connectivity index (χ4v) is 2.74. The van der Waals surface area contributed by atoms with Gasteiger partial charge in [-0.25, -0.2) is 4.39 Å². The molecule has 1 fully saturated rings. The van der Waals surface area contributed by atoms with Gasteiger partial charge in [0.25, 0.3) is 5.91 Å². The second kappa shape index (κ2) is 6.70. The van der Waals surface area contributed by atoms with Gasteiger partial charge in [-0.1, -0.05) is 18.2 Å². The van der Waals surface area contributed by atoms with Gasteiger partial charge in [0.2, 0.25) is 5.91 Å². The van der Waals surface area contributed by atoms with Crippen LogP contribution < -0.4 is 15.0 Å². The van der Waals surface area contributed by atoms with Crippen molar-refractivity contribution < 1.29 is 18.7 Å². The van der Waals surface area contributed by atoms with Crippen LogP contribution in [-0.4, -0.2) is 31.5 Å². The summed E-state index contributed by atoms with van der Waals surface area (Å²) in [5, 5.41) is 2.84. The van der Waals surface area contributed by atoms with E-state index in [1.807, 2.05) is 6.07 Å². The highest BCUT2D eigenvalue weighted by Crippen LogP contribution is 2.27. The minimum absolute atomic E-state index is 0.124. The third-order valence-corrected chi connectivity index (χ3v) is 3.94. The van der Waals surface area contributed by atoms with Gasteiger partial charge in [-0.05, 0) is 24.3 Å². The molecule has 1 aliphatic rings. The molecule has 0 aromatic heterocycles. The van der Waals surface area contributed by atoms with Crippen molar-refractivity contribution in [2.45, 2.75) is 12.5 Å². The average Bonchev–Trinajstić information content (AvgIpc) is 2.96. The number of halogens is 1. The van der Waals surface area contributed by atoms with Crippen LogP contribution in [0.25, 0.3) is 0 Å². The molecule has 3 rings (SSSR count). The highest BCUT2D eigenvalue weighted by molar-refractivity contribution is 5.99. The van der Waals surface area contributed by atoms with Gasteiger partial charge in [-0.2, -0.15) is 0 Å². The number of nitrogens with one attached hydrogen (secondary N) is 1. The SMILES string of the molecule is COc1ccc(N2CC(NC(=O)c3ccccc3)CC2=O)cc1F. The standard InChI is InChI=1S/C18H17FN2O3/c1-24-16-8-7-14(10-15(16)19)21-11-13(9-17(21)22)20-18(23)12-5-3-2-4-6-12/h2-8,10,13H,9,11H2,1H3,(H,20,23). The molecule has 0 aliphatic carbocycles. The van der Waals surface area contributed by atoms with E-state index < -0.39 is 5.82 Å². The second-order valence-corrected chi connectivity index (χ2v) is 5.56. The number of carbonyl (C=O) groups excluding carboxylic acids is 2. The highest BCUT2D eigenvalue weighted by Gasteiger charge is 2.32. The number of hydrogen-bond donors (Lipinski definition) is 1. The van der Waals surface area contributed by atoms with Crippen LogP contribution in [0.15, 0.2) is 48.5 Å². The molecule has 1 unspecified atom stereocenters. The van der Waals surface area contributed by atoms with Gasteiger partial charge in [0.1, 0.15) is 0 Å². The Bertz CT molecular complexity index is 764. The maximum Gasteiger partial charge on any atom is 0.251 e. The van der Waals surface area contributed by atoms with Crippen molar-refractivity contribution in [1.82, 2.24) is 5.32 Å². The quantitative estimate of drug-likeness (QED) is 0.937.